The van der Waals surface area contributed by atoms with Crippen molar-refractivity contribution in [3.8, 4) is 0 Å². The summed E-state index contributed by atoms with van der Waals surface area (Å²) in [6.07, 6.45) is 0. The third-order valence-electron chi connectivity index (χ3n) is 2.10. The monoisotopic (exact) mass is 295 g/mol. The smallest absolute Gasteiger partial charge is 0.295 e. The van der Waals surface area contributed by atoms with Crippen molar-refractivity contribution in [2.45, 2.75) is 13.8 Å². The summed E-state index contributed by atoms with van der Waals surface area (Å²) in [5, 5.41) is 9.10. The first kappa shape index (κ1) is 11.7. The first-order valence-corrected chi connectivity index (χ1v) is 5.69. The van der Waals surface area contributed by atoms with Crippen molar-refractivity contribution >= 4 is 27.5 Å². The molecule has 6 nitrogen and oxygen atoms in total. The molecule has 0 spiro atoms. The van der Waals surface area contributed by atoms with E-state index in [-0.39, 0.29) is 11.7 Å². The Morgan fingerprint density at radius 1 is 1.35 bits per heavy atom. The second kappa shape index (κ2) is 4.62. The minimum absolute atomic E-state index is 0.116. The number of nitrogens with one attached hydrogen (secondary N) is 2. The fraction of sp³-hybridized carbons (Fsp3) is 0.200. The van der Waals surface area contributed by atoms with Crippen LogP contribution in [0.2, 0.25) is 0 Å². The zero-order valence-corrected chi connectivity index (χ0v) is 10.9. The van der Waals surface area contributed by atoms with Gasteiger partial charge in [-0.2, -0.15) is 0 Å². The van der Waals surface area contributed by atoms with E-state index >= 15 is 0 Å². The van der Waals surface area contributed by atoms with Gasteiger partial charge in [-0.3, -0.25) is 9.89 Å². The molecular weight excluding hydrogens is 286 g/mol. The molecule has 0 fully saturated rings. The Bertz CT molecular complexity index is 566. The summed E-state index contributed by atoms with van der Waals surface area (Å²) in [4.78, 5) is 19.9. The highest BCUT2D eigenvalue weighted by Gasteiger charge is 2.12. The zero-order chi connectivity index (χ0) is 12.4. The summed E-state index contributed by atoms with van der Waals surface area (Å²) in [7, 11) is 0. The predicted octanol–water partition coefficient (Wildman–Crippen LogP) is 1.83. The molecule has 0 aromatic carbocycles. The largest absolute Gasteiger partial charge is 0.318 e. The molecule has 0 atom stereocenters. The number of hydrogen-bond donors (Lipinski definition) is 2. The van der Waals surface area contributed by atoms with Gasteiger partial charge in [-0.15, -0.1) is 5.10 Å². The van der Waals surface area contributed by atoms with Gasteiger partial charge in [-0.25, -0.2) is 9.97 Å². The SMILES string of the molecule is Cc1nc(C(=O)Nc2ccc(Br)nc2C)n[nH]1. The summed E-state index contributed by atoms with van der Waals surface area (Å²) in [5.41, 5.74) is 1.36. The Kier molecular flexibility index (Phi) is 3.19. The van der Waals surface area contributed by atoms with Gasteiger partial charge in [0.1, 0.15) is 10.4 Å². The van der Waals surface area contributed by atoms with Gasteiger partial charge in [-0.1, -0.05) is 0 Å². The lowest BCUT2D eigenvalue weighted by Crippen LogP contribution is -2.15. The van der Waals surface area contributed by atoms with Gasteiger partial charge in [0.15, 0.2) is 0 Å². The van der Waals surface area contributed by atoms with Gasteiger partial charge in [0.2, 0.25) is 5.82 Å². The number of halogens is 1. The number of aromatic nitrogens is 4. The molecule has 2 heterocycles. The Balaban J connectivity index is 2.18. The van der Waals surface area contributed by atoms with Crippen molar-refractivity contribution in [2.24, 2.45) is 0 Å². The Morgan fingerprint density at radius 3 is 2.71 bits per heavy atom. The number of nitrogens with zero attached hydrogens (tertiary/aromatic N) is 3. The van der Waals surface area contributed by atoms with Crippen LogP contribution in [-0.2, 0) is 0 Å². The van der Waals surface area contributed by atoms with Crippen LogP contribution in [0.3, 0.4) is 0 Å². The van der Waals surface area contributed by atoms with Crippen LogP contribution in [0.1, 0.15) is 22.1 Å². The van der Waals surface area contributed by atoms with Crippen molar-refractivity contribution in [3.05, 3.63) is 34.1 Å². The maximum Gasteiger partial charge on any atom is 0.295 e. The fourth-order valence-corrected chi connectivity index (χ4v) is 1.68. The standard InChI is InChI=1S/C10H10BrN5O/c1-5-7(3-4-8(11)12-5)14-10(17)9-13-6(2)15-16-9/h3-4H,1-2H3,(H,14,17)(H,13,15,16). The summed E-state index contributed by atoms with van der Waals surface area (Å²) < 4.78 is 0.724. The second-order valence-electron chi connectivity index (χ2n) is 3.47. The number of aryl methyl sites for hydroxylation is 2. The lowest BCUT2D eigenvalue weighted by atomic mass is 10.3. The fourth-order valence-electron chi connectivity index (χ4n) is 1.28. The van der Waals surface area contributed by atoms with Gasteiger partial charge >= 0.3 is 0 Å². The molecule has 2 aromatic rings. The van der Waals surface area contributed by atoms with Crippen molar-refractivity contribution in [3.63, 3.8) is 0 Å². The van der Waals surface area contributed by atoms with Crippen LogP contribution in [0, 0.1) is 13.8 Å². The van der Waals surface area contributed by atoms with Crippen molar-refractivity contribution in [1.82, 2.24) is 20.2 Å². The molecule has 0 aliphatic rings. The van der Waals surface area contributed by atoms with Crippen LogP contribution < -0.4 is 5.32 Å². The molecule has 0 bridgehead atoms. The quantitative estimate of drug-likeness (QED) is 0.828. The molecule has 88 valence electrons. The minimum atomic E-state index is -0.360. The molecule has 7 heteroatoms. The van der Waals surface area contributed by atoms with Gasteiger partial charge in [0.05, 0.1) is 11.4 Å². The van der Waals surface area contributed by atoms with Gasteiger partial charge in [0, 0.05) is 0 Å². The molecule has 0 saturated heterocycles. The van der Waals surface area contributed by atoms with Crippen LogP contribution in [0.4, 0.5) is 5.69 Å². The summed E-state index contributed by atoms with van der Waals surface area (Å²) >= 11 is 3.26. The number of pyridine rings is 1. The number of carbonyl (C=O) groups excluding carboxylic acids is 1. The Hall–Kier alpha value is -1.76. The zero-order valence-electron chi connectivity index (χ0n) is 9.28. The highest BCUT2D eigenvalue weighted by atomic mass is 79.9. The van der Waals surface area contributed by atoms with E-state index in [0.717, 1.165) is 10.3 Å². The Labute approximate surface area is 106 Å². The molecule has 1 amide bonds. The van der Waals surface area contributed by atoms with E-state index in [4.69, 9.17) is 0 Å². The lowest BCUT2D eigenvalue weighted by Gasteiger charge is -2.05. The van der Waals surface area contributed by atoms with E-state index in [1.807, 2.05) is 6.92 Å². The first-order chi connectivity index (χ1) is 8.06. The van der Waals surface area contributed by atoms with Crippen molar-refractivity contribution in [1.29, 1.82) is 0 Å². The highest BCUT2D eigenvalue weighted by Crippen LogP contribution is 2.16. The maximum atomic E-state index is 11.8. The van der Waals surface area contributed by atoms with Gasteiger partial charge in [-0.05, 0) is 41.9 Å². The average Bonchev–Trinajstić information content (AvgIpc) is 2.69. The van der Waals surface area contributed by atoms with E-state index < -0.39 is 0 Å². The number of H-pyrrole nitrogens is 1. The number of anilines is 1. The van der Waals surface area contributed by atoms with Crippen molar-refractivity contribution in [2.75, 3.05) is 5.32 Å². The van der Waals surface area contributed by atoms with Gasteiger partial charge in [0.25, 0.3) is 5.91 Å². The number of carbonyl (C=O) groups is 1. The molecule has 2 aromatic heterocycles. The number of hydrogen-bond acceptors (Lipinski definition) is 4. The molecule has 0 aliphatic heterocycles. The lowest BCUT2D eigenvalue weighted by molar-refractivity contribution is 0.101. The molecule has 17 heavy (non-hydrogen) atoms. The first-order valence-electron chi connectivity index (χ1n) is 4.90. The summed E-state index contributed by atoms with van der Waals surface area (Å²) in [5.74, 6) is 0.354. The van der Waals surface area contributed by atoms with E-state index in [9.17, 15) is 4.79 Å². The van der Waals surface area contributed by atoms with Crippen LogP contribution >= 0.6 is 15.9 Å². The topological polar surface area (TPSA) is 83.6 Å². The second-order valence-corrected chi connectivity index (χ2v) is 4.28. The normalized spacial score (nSPS) is 10.3. The number of aromatic amines is 1. The molecule has 2 N–H and O–H groups in total. The third kappa shape index (κ3) is 2.68. The molecule has 0 unspecified atom stereocenters. The number of rotatable bonds is 2. The molecule has 2 rings (SSSR count). The molecule has 0 saturated carbocycles. The third-order valence-corrected chi connectivity index (χ3v) is 2.54. The van der Waals surface area contributed by atoms with Crippen LogP contribution in [0.5, 0.6) is 0 Å². The number of amides is 1. The maximum absolute atomic E-state index is 11.8. The molecule has 0 radical (unpaired) electrons. The van der Waals surface area contributed by atoms with Crippen LogP contribution in [0.25, 0.3) is 0 Å². The molecular formula is C10H10BrN5O. The van der Waals surface area contributed by atoms with Crippen LogP contribution in [0.15, 0.2) is 16.7 Å². The highest BCUT2D eigenvalue weighted by molar-refractivity contribution is 9.10. The summed E-state index contributed by atoms with van der Waals surface area (Å²) in [6, 6.07) is 3.52. The van der Waals surface area contributed by atoms with E-state index in [0.29, 0.717) is 11.5 Å². The summed E-state index contributed by atoms with van der Waals surface area (Å²) in [6.45, 7) is 3.54. The van der Waals surface area contributed by atoms with Crippen molar-refractivity contribution < 1.29 is 4.79 Å². The molecule has 0 aliphatic carbocycles. The average molecular weight is 296 g/mol. The minimum Gasteiger partial charge on any atom is -0.318 e. The van der Waals surface area contributed by atoms with E-state index in [2.05, 4.69) is 41.4 Å². The predicted molar refractivity (Wildman–Crippen MR) is 65.7 cm³/mol. The Morgan fingerprint density at radius 2 is 2.12 bits per heavy atom. The van der Waals surface area contributed by atoms with E-state index in [1.165, 1.54) is 0 Å². The van der Waals surface area contributed by atoms with E-state index in [1.54, 1.807) is 19.1 Å². The van der Waals surface area contributed by atoms with Crippen LogP contribution in [-0.4, -0.2) is 26.1 Å². The van der Waals surface area contributed by atoms with Gasteiger partial charge < -0.3 is 5.32 Å².